The highest BCUT2D eigenvalue weighted by molar-refractivity contribution is 6.07. The molecule has 7 atom stereocenters. The molecule has 11 nitrogen and oxygen atoms in total. The summed E-state index contributed by atoms with van der Waals surface area (Å²) in [4.78, 5) is 13.4. The third-order valence-electron chi connectivity index (χ3n) is 5.76. The monoisotopic (exact) mass is 448 g/mol. The zero-order valence-corrected chi connectivity index (χ0v) is 16.4. The number of ketones is 1. The van der Waals surface area contributed by atoms with E-state index >= 15 is 0 Å². The standard InChI is InChI=1S/C21H20O11/c22-6-13-16(25)18(27)19(28)21(32-13)31-12-5-8(24)4-11-15(12)17(26)14-9-2-1-7(23)3-10(9)29-20(14)30-11/h1-5,13-14,16,18-25,27-28H,6H2/t13-,14-,16-,18+,19-,20+,21-/m1/s1. The Morgan fingerprint density at radius 2 is 1.62 bits per heavy atom. The molecule has 1 fully saturated rings. The predicted octanol–water partition coefficient (Wildman–Crippen LogP) is -0.646. The van der Waals surface area contributed by atoms with Crippen molar-refractivity contribution in [1.29, 1.82) is 0 Å². The Hall–Kier alpha value is -3.09. The quantitative estimate of drug-likeness (QED) is 0.352. The fraction of sp³-hybridized carbons (Fsp3) is 0.381. The maximum Gasteiger partial charge on any atom is 0.255 e. The van der Waals surface area contributed by atoms with Gasteiger partial charge in [-0.05, 0) is 6.07 Å². The van der Waals surface area contributed by atoms with Gasteiger partial charge in [0, 0.05) is 23.8 Å². The Bertz CT molecular complexity index is 1070. The van der Waals surface area contributed by atoms with Crippen molar-refractivity contribution in [3.8, 4) is 28.7 Å². The smallest absolute Gasteiger partial charge is 0.255 e. The van der Waals surface area contributed by atoms with Gasteiger partial charge >= 0.3 is 0 Å². The number of hydrogen-bond acceptors (Lipinski definition) is 11. The largest absolute Gasteiger partial charge is 0.508 e. The van der Waals surface area contributed by atoms with Gasteiger partial charge in [0.1, 0.15) is 64.6 Å². The van der Waals surface area contributed by atoms with Crippen molar-refractivity contribution in [3.63, 3.8) is 0 Å². The lowest BCUT2D eigenvalue weighted by molar-refractivity contribution is -0.277. The third kappa shape index (κ3) is 3.14. The number of phenols is 2. The van der Waals surface area contributed by atoms with Crippen LogP contribution >= 0.6 is 0 Å². The van der Waals surface area contributed by atoms with Crippen molar-refractivity contribution < 1.29 is 54.4 Å². The first-order valence-electron chi connectivity index (χ1n) is 9.83. The van der Waals surface area contributed by atoms with E-state index in [1.165, 1.54) is 18.2 Å². The van der Waals surface area contributed by atoms with Crippen LogP contribution in [0.15, 0.2) is 30.3 Å². The average molecular weight is 448 g/mol. The number of rotatable bonds is 3. The molecule has 2 aromatic rings. The molecule has 0 aromatic heterocycles. The summed E-state index contributed by atoms with van der Waals surface area (Å²) in [5.41, 5.74) is 0.445. The number of Topliss-reactive ketones (excluding diaryl/α,β-unsaturated/α-hetero) is 1. The second-order valence-electron chi connectivity index (χ2n) is 7.80. The van der Waals surface area contributed by atoms with E-state index < -0.39 is 55.3 Å². The average Bonchev–Trinajstić information content (AvgIpc) is 3.11. The Kier molecular flexibility index (Phi) is 4.87. The first-order valence-corrected chi connectivity index (χ1v) is 9.83. The van der Waals surface area contributed by atoms with E-state index in [-0.39, 0.29) is 34.3 Å². The second-order valence-corrected chi connectivity index (χ2v) is 7.80. The van der Waals surface area contributed by atoms with Crippen molar-refractivity contribution in [2.45, 2.75) is 42.9 Å². The number of aliphatic hydroxyl groups excluding tert-OH is 4. The number of aliphatic hydroxyl groups is 4. The minimum absolute atomic E-state index is 0.0344. The molecule has 32 heavy (non-hydrogen) atoms. The van der Waals surface area contributed by atoms with Crippen molar-refractivity contribution in [2.24, 2.45) is 0 Å². The first kappa shape index (κ1) is 20.8. The maximum absolute atomic E-state index is 13.4. The molecular weight excluding hydrogens is 428 g/mol. The fourth-order valence-electron chi connectivity index (χ4n) is 4.15. The van der Waals surface area contributed by atoms with E-state index in [1.54, 1.807) is 6.07 Å². The Labute approximate surface area is 180 Å². The van der Waals surface area contributed by atoms with Crippen LogP contribution in [0.4, 0.5) is 0 Å². The van der Waals surface area contributed by atoms with Crippen LogP contribution in [0, 0.1) is 0 Å². The van der Waals surface area contributed by atoms with Crippen molar-refractivity contribution >= 4 is 5.78 Å². The van der Waals surface area contributed by atoms with Crippen molar-refractivity contribution in [3.05, 3.63) is 41.5 Å². The van der Waals surface area contributed by atoms with Crippen molar-refractivity contribution in [1.82, 2.24) is 0 Å². The molecule has 0 bridgehead atoms. The van der Waals surface area contributed by atoms with Gasteiger partial charge in [-0.1, -0.05) is 6.07 Å². The van der Waals surface area contributed by atoms with E-state index in [9.17, 15) is 35.4 Å². The number of hydrogen-bond donors (Lipinski definition) is 6. The minimum Gasteiger partial charge on any atom is -0.508 e. The summed E-state index contributed by atoms with van der Waals surface area (Å²) in [5.74, 6) is -1.64. The molecule has 1 saturated heterocycles. The van der Waals surface area contributed by atoms with Gasteiger partial charge in [0.25, 0.3) is 6.29 Å². The number of fused-ring (bicyclic) bond motifs is 4. The minimum atomic E-state index is -1.71. The molecule has 0 aliphatic carbocycles. The molecule has 170 valence electrons. The Balaban J connectivity index is 1.51. The molecule has 6 N–H and O–H groups in total. The van der Waals surface area contributed by atoms with Gasteiger partial charge in [-0.2, -0.15) is 0 Å². The van der Waals surface area contributed by atoms with Crippen LogP contribution in [-0.2, 0) is 4.74 Å². The van der Waals surface area contributed by atoms with Gasteiger partial charge in [0.05, 0.1) is 6.61 Å². The molecule has 0 unspecified atom stereocenters. The normalized spacial score (nSPS) is 32.9. The molecule has 11 heteroatoms. The zero-order valence-electron chi connectivity index (χ0n) is 16.4. The topological polar surface area (TPSA) is 175 Å². The summed E-state index contributed by atoms with van der Waals surface area (Å²) in [7, 11) is 0. The lowest BCUT2D eigenvalue weighted by Crippen LogP contribution is -2.60. The Morgan fingerprint density at radius 3 is 2.38 bits per heavy atom. The van der Waals surface area contributed by atoms with Gasteiger partial charge in [-0.3, -0.25) is 4.79 Å². The summed E-state index contributed by atoms with van der Waals surface area (Å²) in [6, 6.07) is 6.64. The number of phenolic OH excluding ortho intramolecular Hbond substituents is 2. The molecule has 0 radical (unpaired) electrons. The lowest BCUT2D eigenvalue weighted by atomic mass is 9.88. The zero-order chi connectivity index (χ0) is 22.7. The summed E-state index contributed by atoms with van der Waals surface area (Å²) in [5, 5.41) is 59.4. The molecule has 0 saturated carbocycles. The highest BCUT2D eigenvalue weighted by Gasteiger charge is 2.49. The summed E-state index contributed by atoms with van der Waals surface area (Å²) >= 11 is 0. The van der Waals surface area contributed by atoms with Gasteiger partial charge in [-0.15, -0.1) is 0 Å². The number of ether oxygens (including phenoxy) is 4. The Morgan fingerprint density at radius 1 is 0.906 bits per heavy atom. The van der Waals surface area contributed by atoms with Gasteiger partial charge in [-0.25, -0.2) is 0 Å². The predicted molar refractivity (Wildman–Crippen MR) is 103 cm³/mol. The molecule has 3 aliphatic rings. The second kappa shape index (κ2) is 7.50. The van der Waals surface area contributed by atoms with E-state index in [1.807, 2.05) is 0 Å². The molecule has 3 aliphatic heterocycles. The number of aromatic hydroxyl groups is 2. The lowest BCUT2D eigenvalue weighted by Gasteiger charge is -2.40. The molecular formula is C21H20O11. The third-order valence-corrected chi connectivity index (χ3v) is 5.76. The fourth-order valence-corrected chi connectivity index (χ4v) is 4.15. The summed E-state index contributed by atoms with van der Waals surface area (Å²) in [6.45, 7) is -0.657. The highest BCUT2D eigenvalue weighted by Crippen LogP contribution is 2.49. The highest BCUT2D eigenvalue weighted by atomic mass is 16.7. The molecule has 0 spiro atoms. The van der Waals surface area contributed by atoms with E-state index in [2.05, 4.69) is 0 Å². The van der Waals surface area contributed by atoms with Gasteiger partial charge in [0.2, 0.25) is 6.29 Å². The molecule has 0 amide bonds. The number of carbonyl (C=O) groups is 1. The first-order chi connectivity index (χ1) is 15.3. The maximum atomic E-state index is 13.4. The van der Waals surface area contributed by atoms with Crippen LogP contribution in [0.2, 0.25) is 0 Å². The van der Waals surface area contributed by atoms with Crippen LogP contribution < -0.4 is 14.2 Å². The van der Waals surface area contributed by atoms with Crippen LogP contribution in [0.3, 0.4) is 0 Å². The molecule has 2 aromatic carbocycles. The van der Waals surface area contributed by atoms with Gasteiger partial charge in [0.15, 0.2) is 5.78 Å². The van der Waals surface area contributed by atoms with Crippen LogP contribution in [-0.4, -0.2) is 80.0 Å². The summed E-state index contributed by atoms with van der Waals surface area (Å²) in [6.07, 6.45) is -8.78. The SMILES string of the molecule is O=C1c2c(O[C@@H]3O[C@H](CO)[C@@H](O)[C@H](O)[C@H]3O)cc(O)cc2O[C@@H]2Oc3cc(O)ccc3[C@H]12. The number of carbonyl (C=O) groups excluding carboxylic acids is 1. The van der Waals surface area contributed by atoms with Crippen LogP contribution in [0.5, 0.6) is 28.7 Å². The molecule has 3 heterocycles. The van der Waals surface area contributed by atoms with Crippen LogP contribution in [0.25, 0.3) is 0 Å². The summed E-state index contributed by atoms with van der Waals surface area (Å²) < 4.78 is 22.4. The van der Waals surface area contributed by atoms with Gasteiger partial charge < -0.3 is 49.6 Å². The van der Waals surface area contributed by atoms with E-state index in [0.717, 1.165) is 6.07 Å². The van der Waals surface area contributed by atoms with E-state index in [0.29, 0.717) is 5.56 Å². The van der Waals surface area contributed by atoms with Crippen LogP contribution in [0.1, 0.15) is 21.8 Å². The van der Waals surface area contributed by atoms with E-state index in [4.69, 9.17) is 18.9 Å². The van der Waals surface area contributed by atoms with Crippen molar-refractivity contribution in [2.75, 3.05) is 6.61 Å². The molecule has 5 rings (SSSR count). The number of benzene rings is 2.